The molecular weight excluding hydrogens is 306 g/mol. The fourth-order valence-electron chi connectivity index (χ4n) is 0.958. The molecule has 0 heterocycles. The molecule has 0 radical (unpaired) electrons. The van der Waals surface area contributed by atoms with Crippen LogP contribution in [0.25, 0.3) is 0 Å². The van der Waals surface area contributed by atoms with E-state index in [1.54, 1.807) is 0 Å². The van der Waals surface area contributed by atoms with Gasteiger partial charge < -0.3 is 12.9 Å². The third-order valence-electron chi connectivity index (χ3n) is 1.68. The smallest absolute Gasteiger partial charge is 0.445 e. The van der Waals surface area contributed by atoms with Gasteiger partial charge in [0.05, 0.1) is 0 Å². The summed E-state index contributed by atoms with van der Waals surface area (Å²) in [5.41, 5.74) is -1.70. The van der Waals surface area contributed by atoms with E-state index in [1.165, 1.54) is 0 Å². The van der Waals surface area contributed by atoms with Crippen LogP contribution in [0.15, 0.2) is 29.2 Å². The first-order valence-electron chi connectivity index (χ1n) is 3.74. The van der Waals surface area contributed by atoms with Crippen LogP contribution in [0.1, 0.15) is 0 Å². The Kier molecular flexibility index (Phi) is 4.27. The molecule has 1 rings (SSSR count). The number of rotatable bonds is 2. The van der Waals surface area contributed by atoms with Crippen molar-refractivity contribution in [2.75, 3.05) is 0 Å². The Morgan fingerprint density at radius 2 is 1.35 bits per heavy atom. The summed E-state index contributed by atoms with van der Waals surface area (Å²) in [7, 11) is -10.0. The molecule has 0 amide bonds. The van der Waals surface area contributed by atoms with Crippen molar-refractivity contribution in [2.24, 2.45) is 0 Å². The summed E-state index contributed by atoms with van der Waals surface area (Å²) in [6, 6.07) is -0.0285. The van der Waals surface area contributed by atoms with E-state index < -0.39 is 33.6 Å². The van der Waals surface area contributed by atoms with Crippen molar-refractivity contribution in [1.82, 2.24) is 0 Å². The van der Waals surface area contributed by atoms with E-state index in [0.29, 0.717) is 12.1 Å². The SMILES string of the molecule is F[B-](F)(F)c1cccc(S(F)(F)(F)(F)F)c1.[K+]. The Bertz CT molecular complexity index is 423. The maximum absolute atomic E-state index is 12.2. The molecule has 0 aliphatic rings. The zero-order valence-electron chi connectivity index (χ0n) is 8.32. The van der Waals surface area contributed by atoms with Crippen molar-refractivity contribution < 1.29 is 83.8 Å². The number of hydrogen-bond acceptors (Lipinski definition) is 0. The van der Waals surface area contributed by atoms with Crippen molar-refractivity contribution in [3.8, 4) is 0 Å². The number of hydrogen-bond donors (Lipinski definition) is 0. The molecule has 0 saturated heterocycles. The van der Waals surface area contributed by atoms with E-state index >= 15 is 0 Å². The minimum atomic E-state index is -10.0. The van der Waals surface area contributed by atoms with Crippen molar-refractivity contribution >= 4 is 22.7 Å². The van der Waals surface area contributed by atoms with Crippen LogP contribution in [-0.4, -0.2) is 6.98 Å². The van der Waals surface area contributed by atoms with E-state index in [9.17, 15) is 32.4 Å². The molecule has 0 aliphatic heterocycles. The summed E-state index contributed by atoms with van der Waals surface area (Å²) in [6.45, 7) is -5.74. The zero-order valence-corrected chi connectivity index (χ0v) is 12.3. The van der Waals surface area contributed by atoms with Crippen LogP contribution in [-0.2, 0) is 0 Å². The Hall–Kier alpha value is 0.711. The molecule has 0 unspecified atom stereocenters. The van der Waals surface area contributed by atoms with E-state index in [-0.39, 0.29) is 57.5 Å². The van der Waals surface area contributed by atoms with Crippen LogP contribution in [0.4, 0.5) is 32.4 Å². The molecule has 0 aromatic heterocycles. The first-order valence-corrected chi connectivity index (χ1v) is 5.69. The molecule has 0 spiro atoms. The summed E-state index contributed by atoms with van der Waals surface area (Å²) in [5, 5.41) is 0. The monoisotopic (exact) mass is 310 g/mol. The summed E-state index contributed by atoms with van der Waals surface area (Å²) in [5.74, 6) is 0. The molecule has 1 aromatic carbocycles. The zero-order chi connectivity index (χ0) is 12.9. The molecule has 1 aromatic rings. The topological polar surface area (TPSA) is 0 Å². The van der Waals surface area contributed by atoms with Crippen LogP contribution < -0.4 is 56.8 Å². The van der Waals surface area contributed by atoms with E-state index in [4.69, 9.17) is 0 Å². The summed E-state index contributed by atoms with van der Waals surface area (Å²) >= 11 is 0. The van der Waals surface area contributed by atoms with E-state index in [0.717, 1.165) is 0 Å². The molecule has 0 saturated carbocycles. The second-order valence-corrected chi connectivity index (χ2v) is 5.53. The predicted molar refractivity (Wildman–Crippen MR) is 46.6 cm³/mol. The van der Waals surface area contributed by atoms with Gasteiger partial charge in [-0.05, 0) is 6.07 Å². The summed E-state index contributed by atoms with van der Waals surface area (Å²) in [4.78, 5) is -2.53. The maximum Gasteiger partial charge on any atom is 1.00 e. The first-order chi connectivity index (χ1) is 6.70. The molecule has 0 nitrogen and oxygen atoms in total. The van der Waals surface area contributed by atoms with Crippen LogP contribution in [0.3, 0.4) is 0 Å². The Balaban J connectivity index is 0.00000256. The number of halogens is 8. The number of benzene rings is 1. The summed E-state index contributed by atoms with van der Waals surface area (Å²) < 4.78 is 97.0. The minimum Gasteiger partial charge on any atom is -0.445 e. The molecule has 17 heavy (non-hydrogen) atoms. The third kappa shape index (κ3) is 5.07. The fraction of sp³-hybridized carbons (Fsp3) is 0. The quantitative estimate of drug-likeness (QED) is 0.572. The average molecular weight is 310 g/mol. The van der Waals surface area contributed by atoms with Crippen LogP contribution >= 0.6 is 10.2 Å². The van der Waals surface area contributed by atoms with Crippen molar-refractivity contribution in [1.29, 1.82) is 0 Å². The van der Waals surface area contributed by atoms with E-state index in [2.05, 4.69) is 0 Å². The van der Waals surface area contributed by atoms with E-state index in [1.807, 2.05) is 0 Å². The molecule has 11 heteroatoms. The molecule has 0 atom stereocenters. The largest absolute Gasteiger partial charge is 1.00 e. The van der Waals surface area contributed by atoms with Gasteiger partial charge in [0.15, 0.2) is 0 Å². The normalized spacial score (nSPS) is 16.7. The Morgan fingerprint density at radius 3 is 1.71 bits per heavy atom. The van der Waals surface area contributed by atoms with Crippen molar-refractivity contribution in [2.45, 2.75) is 4.90 Å². The second kappa shape index (κ2) is 4.10. The fourth-order valence-corrected chi connectivity index (χ4v) is 1.65. The van der Waals surface area contributed by atoms with Gasteiger partial charge in [-0.15, -0.1) is 5.46 Å². The van der Waals surface area contributed by atoms with Gasteiger partial charge in [-0.25, -0.2) is 0 Å². The van der Waals surface area contributed by atoms with Gasteiger partial charge in [-0.1, -0.05) is 37.6 Å². The van der Waals surface area contributed by atoms with Crippen LogP contribution in [0, 0.1) is 0 Å². The van der Waals surface area contributed by atoms with Gasteiger partial charge in [0, 0.05) is 0 Å². The molecule has 0 aliphatic carbocycles. The van der Waals surface area contributed by atoms with Crippen molar-refractivity contribution in [3.63, 3.8) is 0 Å². The Morgan fingerprint density at radius 1 is 0.882 bits per heavy atom. The molecule has 0 bridgehead atoms. The van der Waals surface area contributed by atoms with Gasteiger partial charge in [-0.2, -0.15) is 0 Å². The average Bonchev–Trinajstić information content (AvgIpc) is 1.99. The van der Waals surface area contributed by atoms with Gasteiger partial charge in [0.25, 0.3) is 0 Å². The third-order valence-corrected chi connectivity index (χ3v) is 2.83. The maximum atomic E-state index is 12.2. The molecule has 0 fully saturated rings. The predicted octanol–water partition coefficient (Wildman–Crippen LogP) is 1.40. The molecule has 0 N–H and O–H groups in total. The van der Waals surface area contributed by atoms with Crippen molar-refractivity contribution in [3.05, 3.63) is 24.3 Å². The van der Waals surface area contributed by atoms with Gasteiger partial charge in [0.2, 0.25) is 0 Å². The first kappa shape index (κ1) is 17.7. The second-order valence-electron chi connectivity index (χ2n) is 3.12. The Labute approximate surface area is 134 Å². The molecule has 94 valence electrons. The van der Waals surface area contributed by atoms with Crippen LogP contribution in [0.5, 0.6) is 0 Å². The minimum absolute atomic E-state index is 0. The molecular formula is C6H4BF8KS. The van der Waals surface area contributed by atoms with Gasteiger partial charge in [-0.3, -0.25) is 0 Å². The van der Waals surface area contributed by atoms with Gasteiger partial charge >= 0.3 is 68.6 Å². The summed E-state index contributed by atoms with van der Waals surface area (Å²) in [6.07, 6.45) is 0. The van der Waals surface area contributed by atoms with Gasteiger partial charge in [0.1, 0.15) is 4.90 Å². The standard InChI is InChI=1S/C6H4BF8S.K/c8-7(9,10)5-2-1-3-6(4-5)16(11,12,13,14)15;/h1-4H;/q-1;+1. The van der Waals surface area contributed by atoms with Crippen LogP contribution in [0.2, 0.25) is 0 Å².